The van der Waals surface area contributed by atoms with Crippen LogP contribution in [0.3, 0.4) is 0 Å². The molecule has 1 aliphatic heterocycles. The molecule has 2 amide bonds. The molecule has 0 saturated carbocycles. The molecule has 202 valence electrons. The third-order valence-corrected chi connectivity index (χ3v) is 8.43. The van der Waals surface area contributed by atoms with Crippen LogP contribution in [0, 0.1) is 11.8 Å². The minimum atomic E-state index is -1.30. The van der Waals surface area contributed by atoms with Crippen LogP contribution in [0.4, 0.5) is 10.5 Å². The molecule has 16 heteroatoms. The quantitative estimate of drug-likeness (QED) is 0.202. The molecule has 1 aliphatic rings. The van der Waals surface area contributed by atoms with Crippen molar-refractivity contribution in [3.63, 3.8) is 0 Å². The van der Waals surface area contributed by atoms with Gasteiger partial charge < -0.3 is 9.84 Å². The number of nitrogens with one attached hydrogen (secondary N) is 1. The maximum atomic E-state index is 12.7. The summed E-state index contributed by atoms with van der Waals surface area (Å²) in [5, 5.41) is 21.8. The Bertz CT molecular complexity index is 1060. The van der Waals surface area contributed by atoms with Crippen molar-refractivity contribution in [2.75, 3.05) is 18.9 Å². The van der Waals surface area contributed by atoms with Gasteiger partial charge in [0, 0.05) is 12.8 Å². The van der Waals surface area contributed by atoms with Crippen LogP contribution in [-0.2, 0) is 34.6 Å². The van der Waals surface area contributed by atoms with Gasteiger partial charge in [0.05, 0.1) is 0 Å². The van der Waals surface area contributed by atoms with Crippen LogP contribution in [-0.4, -0.2) is 84.9 Å². The number of esters is 1. The molecule has 3 unspecified atom stereocenters. The van der Waals surface area contributed by atoms with Crippen LogP contribution in [0.15, 0.2) is 18.2 Å². The monoisotopic (exact) mass is 650 g/mol. The number of hydrogen-bond donors (Lipinski definition) is 3. The predicted octanol–water partition coefficient (Wildman–Crippen LogP) is 1.28. The molecular formula is C21H29B2IN2O10S. The molecule has 1 aromatic rings. The van der Waals surface area contributed by atoms with E-state index in [0.29, 0.717) is 5.56 Å². The van der Waals surface area contributed by atoms with E-state index in [0.717, 1.165) is 4.90 Å². The second kappa shape index (κ2) is 14.1. The summed E-state index contributed by atoms with van der Waals surface area (Å²) in [6, 6.07) is 6.17. The van der Waals surface area contributed by atoms with Gasteiger partial charge in [-0.2, -0.15) is 0 Å². The molecule has 2 rings (SSSR count). The van der Waals surface area contributed by atoms with Crippen LogP contribution >= 0.6 is 29.0 Å². The minimum Gasteiger partial charge on any atom is -0.479 e. The fraction of sp³-hybridized carbons (Fsp3) is 0.524. The van der Waals surface area contributed by atoms with Crippen molar-refractivity contribution in [2.24, 2.45) is 11.8 Å². The van der Waals surface area contributed by atoms with Gasteiger partial charge in [-0.25, -0.2) is 4.79 Å². The standard InChI is InChI=1S/C21H29B2IN2O10S/c1-10-11(2)18(33-12(3)28)20(35-17(10)19(30)31)34-15-6-5-13(9-27)7-14(15)25-16(29)8-26(4)21(32)36-37(24)23-22/h5-7,10-11,17-18,20,27H,8-9,22H2,1-4H3,(H,25,29)(H,30,31)/t10-,11-,17?,18?,20+,37?/m0/s1. The van der Waals surface area contributed by atoms with E-state index in [1.807, 2.05) is 21.2 Å². The number of benzene rings is 1. The number of aliphatic hydroxyl groups excluding tert-OH is 1. The summed E-state index contributed by atoms with van der Waals surface area (Å²) in [6.45, 7) is 3.97. The normalized spacial score (nSPS) is 23.8. The van der Waals surface area contributed by atoms with Gasteiger partial charge in [0.1, 0.15) is 0 Å². The summed E-state index contributed by atoms with van der Waals surface area (Å²) in [4.78, 5) is 49.4. The summed E-state index contributed by atoms with van der Waals surface area (Å²) in [5.41, 5.74) is 0.589. The van der Waals surface area contributed by atoms with E-state index >= 15 is 0 Å². The minimum absolute atomic E-state index is 0.0817. The molecule has 1 fully saturated rings. The van der Waals surface area contributed by atoms with E-state index < -0.39 is 62.0 Å². The third-order valence-electron chi connectivity index (χ3n) is 5.69. The summed E-state index contributed by atoms with van der Waals surface area (Å²) >= 11 is 1.94. The second-order valence-electron chi connectivity index (χ2n) is 8.40. The maximum absolute atomic E-state index is 12.7. The van der Waals surface area contributed by atoms with Crippen LogP contribution < -0.4 is 10.1 Å². The number of rotatable bonds is 9. The Morgan fingerprint density at radius 2 is 1.95 bits per heavy atom. The SMILES string of the molecule is B/B=S(\I)OC(=O)N(C)CC(=O)Nc1cc(CO)ccc1O[C@@H]1OC(C(=O)O)[C@@H](C)[C@H](C)C1OC(C)=O. The molecule has 3 N–H and O–H groups in total. The Labute approximate surface area is 230 Å². The smallest absolute Gasteiger partial charge is 0.479 e. The number of carboxylic acids is 1. The van der Waals surface area contributed by atoms with E-state index in [2.05, 4.69) is 5.32 Å². The van der Waals surface area contributed by atoms with Crippen molar-refractivity contribution in [3.8, 4) is 5.75 Å². The van der Waals surface area contributed by atoms with E-state index in [9.17, 15) is 29.4 Å². The van der Waals surface area contributed by atoms with E-state index in [1.54, 1.807) is 33.7 Å². The Morgan fingerprint density at radius 3 is 2.51 bits per heavy atom. The molecule has 37 heavy (non-hydrogen) atoms. The number of carbonyl (C=O) groups excluding carboxylic acids is 3. The number of aliphatic hydroxyl groups is 1. The number of hydrogen-bond acceptors (Lipinski definition) is 9. The number of carboxylic acid groups (broad SMARTS) is 1. The van der Waals surface area contributed by atoms with Crippen LogP contribution in [0.2, 0.25) is 0 Å². The van der Waals surface area contributed by atoms with E-state index in [4.69, 9.17) is 18.4 Å². The number of halogens is 1. The molecular weight excluding hydrogens is 621 g/mol. The number of ether oxygens (including phenoxy) is 3. The Hall–Kier alpha value is -2.17. The Balaban J connectivity index is 2.29. The summed E-state index contributed by atoms with van der Waals surface area (Å²) in [5.74, 6) is -3.20. The second-order valence-corrected chi connectivity index (χ2v) is 12.1. The average molecular weight is 650 g/mol. The van der Waals surface area contributed by atoms with Crippen molar-refractivity contribution in [2.45, 2.75) is 45.9 Å². The van der Waals surface area contributed by atoms with Crippen molar-refractivity contribution < 1.29 is 47.8 Å². The Morgan fingerprint density at radius 1 is 1.27 bits per heavy atom. The Kier molecular flexibility index (Phi) is 11.8. The first-order valence-corrected chi connectivity index (χ1v) is 15.0. The average Bonchev–Trinajstić information content (AvgIpc) is 2.83. The zero-order valence-corrected chi connectivity index (χ0v) is 24.0. The van der Waals surface area contributed by atoms with Crippen molar-refractivity contribution in [1.82, 2.24) is 4.90 Å². The molecule has 1 saturated heterocycles. The first kappa shape index (κ1) is 31.1. The summed E-state index contributed by atoms with van der Waals surface area (Å²) in [7, 11) is 2.42. The van der Waals surface area contributed by atoms with Crippen LogP contribution in [0.25, 0.3) is 0 Å². The van der Waals surface area contributed by atoms with Gasteiger partial charge in [-0.05, 0) is 5.92 Å². The summed E-state index contributed by atoms with van der Waals surface area (Å²) < 4.78 is 22.2. The van der Waals surface area contributed by atoms with Crippen LogP contribution in [0.1, 0.15) is 26.3 Å². The fourth-order valence-electron chi connectivity index (χ4n) is 3.55. The molecule has 6 atom stereocenters. The predicted molar refractivity (Wildman–Crippen MR) is 147 cm³/mol. The number of aliphatic carboxylic acids is 1. The zero-order valence-electron chi connectivity index (χ0n) is 21.0. The van der Waals surface area contributed by atoms with Gasteiger partial charge in [0.2, 0.25) is 0 Å². The van der Waals surface area contributed by atoms with Gasteiger partial charge in [0.15, 0.2) is 6.10 Å². The van der Waals surface area contributed by atoms with Gasteiger partial charge in [-0.3, -0.25) is 4.79 Å². The molecule has 0 aliphatic carbocycles. The molecule has 1 heterocycles. The first-order chi connectivity index (χ1) is 17.4. The zero-order chi connectivity index (χ0) is 27.9. The molecule has 0 aromatic heterocycles. The van der Waals surface area contributed by atoms with Crippen molar-refractivity contribution in [1.29, 1.82) is 0 Å². The van der Waals surface area contributed by atoms with E-state index in [1.165, 1.54) is 26.1 Å². The van der Waals surface area contributed by atoms with Gasteiger partial charge in [-0.1, -0.05) is 13.8 Å². The van der Waals surface area contributed by atoms with Crippen molar-refractivity contribution in [3.05, 3.63) is 23.8 Å². The third kappa shape index (κ3) is 8.68. The summed E-state index contributed by atoms with van der Waals surface area (Å²) in [6.07, 6.45) is -4.13. The number of anilines is 1. The number of likely N-dealkylation sites (N-methyl/N-ethyl adjacent to an activating group) is 1. The van der Waals surface area contributed by atoms with Gasteiger partial charge >= 0.3 is 173 Å². The topological polar surface area (TPSA) is 161 Å². The van der Waals surface area contributed by atoms with Gasteiger partial charge in [-0.15, -0.1) is 0 Å². The number of carbonyl (C=O) groups is 4. The molecule has 0 radical (unpaired) electrons. The molecule has 0 bridgehead atoms. The van der Waals surface area contributed by atoms with Gasteiger partial charge in [0.25, 0.3) is 0 Å². The molecule has 0 spiro atoms. The number of nitrogens with zero attached hydrogens (tertiary/aromatic N) is 1. The van der Waals surface area contributed by atoms with Crippen molar-refractivity contribution >= 4 is 72.4 Å². The first-order valence-electron chi connectivity index (χ1n) is 11.3. The fourth-order valence-corrected chi connectivity index (χ4v) is 4.37. The molecule has 12 nitrogen and oxygen atoms in total. The van der Waals surface area contributed by atoms with E-state index in [-0.39, 0.29) is 24.6 Å². The van der Waals surface area contributed by atoms with Crippen LogP contribution in [0.5, 0.6) is 5.75 Å². The molecule has 1 aromatic carbocycles. The number of amides is 2.